The lowest BCUT2D eigenvalue weighted by Gasteiger charge is -2.22. The summed E-state index contributed by atoms with van der Waals surface area (Å²) in [6.07, 6.45) is 4.81. The molecule has 9 heteroatoms. The first-order chi connectivity index (χ1) is 16.5. The molecule has 1 aliphatic heterocycles. The standard InChI is InChI=1S/C25H26ClN5O2S/c1-18-27-22(17-34-18)16-33-23-5-2-4-19(12-23)25(32)30-9-3-8-29(10-11-30)14-21-15-31-13-20(26)6-7-24(31)28-21/h2,4-7,12-13,15,17H,3,8-11,14,16H2,1H3. The molecule has 1 aromatic carbocycles. The number of fused-ring (bicyclic) bond motifs is 1. The fourth-order valence-corrected chi connectivity index (χ4v) is 4.95. The van der Waals surface area contributed by atoms with Gasteiger partial charge in [-0.1, -0.05) is 17.7 Å². The van der Waals surface area contributed by atoms with Crippen LogP contribution in [-0.2, 0) is 13.2 Å². The SMILES string of the molecule is Cc1nc(COc2cccc(C(=O)N3CCCN(Cc4cn5cc(Cl)ccc5n4)CC3)c2)cs1. The molecule has 4 heterocycles. The molecule has 7 nitrogen and oxygen atoms in total. The van der Waals surface area contributed by atoms with Crippen LogP contribution in [0, 0.1) is 6.92 Å². The molecule has 0 N–H and O–H groups in total. The summed E-state index contributed by atoms with van der Waals surface area (Å²) in [5, 5.41) is 3.70. The van der Waals surface area contributed by atoms with E-state index in [0.717, 1.165) is 54.6 Å². The molecule has 0 bridgehead atoms. The van der Waals surface area contributed by atoms with Gasteiger partial charge in [0.25, 0.3) is 5.91 Å². The van der Waals surface area contributed by atoms with Crippen LogP contribution in [0.5, 0.6) is 5.75 Å². The van der Waals surface area contributed by atoms with E-state index in [1.54, 1.807) is 11.3 Å². The van der Waals surface area contributed by atoms with Crippen LogP contribution in [-0.4, -0.2) is 56.3 Å². The molecule has 0 saturated carbocycles. The van der Waals surface area contributed by atoms with Gasteiger partial charge in [0.05, 0.1) is 21.4 Å². The van der Waals surface area contributed by atoms with Crippen LogP contribution in [0.15, 0.2) is 54.2 Å². The number of carbonyl (C=O) groups is 1. The second-order valence-electron chi connectivity index (χ2n) is 8.44. The first kappa shape index (κ1) is 22.8. The molecule has 0 radical (unpaired) electrons. The lowest BCUT2D eigenvalue weighted by molar-refractivity contribution is 0.0760. The number of rotatable bonds is 6. The van der Waals surface area contributed by atoms with Crippen molar-refractivity contribution >= 4 is 34.5 Å². The van der Waals surface area contributed by atoms with Gasteiger partial charge in [0.1, 0.15) is 18.0 Å². The van der Waals surface area contributed by atoms with Crippen molar-refractivity contribution in [2.45, 2.75) is 26.5 Å². The van der Waals surface area contributed by atoms with Crippen molar-refractivity contribution in [3.8, 4) is 5.75 Å². The highest BCUT2D eigenvalue weighted by Gasteiger charge is 2.21. The zero-order valence-corrected chi connectivity index (χ0v) is 20.6. The first-order valence-electron chi connectivity index (χ1n) is 11.3. The smallest absolute Gasteiger partial charge is 0.254 e. The van der Waals surface area contributed by atoms with Crippen LogP contribution in [0.4, 0.5) is 0 Å². The van der Waals surface area contributed by atoms with Gasteiger partial charge in [0.15, 0.2) is 0 Å². The molecule has 5 rings (SSSR count). The topological polar surface area (TPSA) is 63.0 Å². The van der Waals surface area contributed by atoms with E-state index in [1.165, 1.54) is 0 Å². The third kappa shape index (κ3) is 5.41. The lowest BCUT2D eigenvalue weighted by Crippen LogP contribution is -2.35. The third-order valence-electron chi connectivity index (χ3n) is 5.86. The van der Waals surface area contributed by atoms with E-state index in [-0.39, 0.29) is 5.91 Å². The first-order valence-corrected chi connectivity index (χ1v) is 12.6. The van der Waals surface area contributed by atoms with E-state index in [1.807, 2.05) is 70.4 Å². The molecule has 1 aliphatic rings. The molecule has 4 aromatic rings. The van der Waals surface area contributed by atoms with Crippen LogP contribution in [0.25, 0.3) is 5.65 Å². The number of amides is 1. The molecule has 0 unspecified atom stereocenters. The largest absolute Gasteiger partial charge is 0.487 e. The number of benzene rings is 1. The average molecular weight is 496 g/mol. The zero-order valence-electron chi connectivity index (χ0n) is 19.0. The summed E-state index contributed by atoms with van der Waals surface area (Å²) < 4.78 is 7.83. The quantitative estimate of drug-likeness (QED) is 0.388. The summed E-state index contributed by atoms with van der Waals surface area (Å²) in [5.74, 6) is 0.721. The minimum Gasteiger partial charge on any atom is -0.487 e. The molecule has 34 heavy (non-hydrogen) atoms. The van der Waals surface area contributed by atoms with Gasteiger partial charge < -0.3 is 14.0 Å². The van der Waals surface area contributed by atoms with E-state index in [4.69, 9.17) is 21.3 Å². The summed E-state index contributed by atoms with van der Waals surface area (Å²) >= 11 is 7.69. The summed E-state index contributed by atoms with van der Waals surface area (Å²) in [4.78, 5) is 26.6. The van der Waals surface area contributed by atoms with Crippen LogP contribution >= 0.6 is 22.9 Å². The summed E-state index contributed by atoms with van der Waals surface area (Å²) in [6, 6.07) is 11.2. The monoisotopic (exact) mass is 495 g/mol. The average Bonchev–Trinajstić information content (AvgIpc) is 3.35. The minimum absolute atomic E-state index is 0.0409. The number of hydrogen-bond donors (Lipinski definition) is 0. The second-order valence-corrected chi connectivity index (χ2v) is 9.94. The Morgan fingerprint density at radius 2 is 2.00 bits per heavy atom. The molecule has 3 aromatic heterocycles. The van der Waals surface area contributed by atoms with Crippen LogP contribution in [0.3, 0.4) is 0 Å². The number of pyridine rings is 1. The van der Waals surface area contributed by atoms with Crippen LogP contribution in [0.1, 0.15) is 33.2 Å². The fraction of sp³-hybridized carbons (Fsp3) is 0.320. The summed E-state index contributed by atoms with van der Waals surface area (Å²) in [6.45, 7) is 6.27. The highest BCUT2D eigenvalue weighted by molar-refractivity contribution is 7.09. The van der Waals surface area contributed by atoms with E-state index >= 15 is 0 Å². The normalized spacial score (nSPS) is 14.9. The number of aromatic nitrogens is 3. The van der Waals surface area contributed by atoms with E-state index in [2.05, 4.69) is 9.88 Å². The molecule has 176 valence electrons. The van der Waals surface area contributed by atoms with Gasteiger partial charge >= 0.3 is 0 Å². The van der Waals surface area contributed by atoms with Gasteiger partial charge in [-0.15, -0.1) is 11.3 Å². The Bertz CT molecular complexity index is 1300. The van der Waals surface area contributed by atoms with Crippen molar-refractivity contribution < 1.29 is 9.53 Å². The maximum absolute atomic E-state index is 13.2. The Labute approximate surface area is 207 Å². The summed E-state index contributed by atoms with van der Waals surface area (Å²) in [5.41, 5.74) is 3.44. The molecule has 1 fully saturated rings. The fourth-order valence-electron chi connectivity index (χ4n) is 4.19. The number of thiazole rings is 1. The van der Waals surface area contributed by atoms with Crippen molar-refractivity contribution in [1.29, 1.82) is 0 Å². The number of imidazole rings is 1. The zero-order chi connectivity index (χ0) is 23.5. The molecule has 0 atom stereocenters. The van der Waals surface area contributed by atoms with E-state index in [9.17, 15) is 4.79 Å². The maximum atomic E-state index is 13.2. The number of aryl methyl sites for hydroxylation is 1. The molecule has 1 amide bonds. The van der Waals surface area contributed by atoms with Gasteiger partial charge in [0, 0.05) is 56.1 Å². The van der Waals surface area contributed by atoms with Crippen LogP contribution in [0.2, 0.25) is 5.02 Å². The summed E-state index contributed by atoms with van der Waals surface area (Å²) in [7, 11) is 0. The Hall–Kier alpha value is -2.94. The second kappa shape index (κ2) is 10.1. The van der Waals surface area contributed by atoms with Crippen molar-refractivity contribution in [3.05, 3.63) is 81.2 Å². The van der Waals surface area contributed by atoms with Crippen molar-refractivity contribution in [1.82, 2.24) is 24.2 Å². The molecular weight excluding hydrogens is 470 g/mol. The highest BCUT2D eigenvalue weighted by Crippen LogP contribution is 2.19. The van der Waals surface area contributed by atoms with Crippen molar-refractivity contribution in [2.75, 3.05) is 26.2 Å². The van der Waals surface area contributed by atoms with Gasteiger partial charge in [-0.25, -0.2) is 9.97 Å². The molecule has 0 aliphatic carbocycles. The molecular formula is C25H26ClN5O2S. The Morgan fingerprint density at radius 3 is 2.85 bits per heavy atom. The Morgan fingerprint density at radius 1 is 1.09 bits per heavy atom. The van der Waals surface area contributed by atoms with Crippen molar-refractivity contribution in [2.24, 2.45) is 0 Å². The number of hydrogen-bond acceptors (Lipinski definition) is 6. The molecule has 1 saturated heterocycles. The van der Waals surface area contributed by atoms with Gasteiger partial charge in [-0.2, -0.15) is 0 Å². The predicted octanol–water partition coefficient (Wildman–Crippen LogP) is 4.68. The van der Waals surface area contributed by atoms with Gasteiger partial charge in [-0.3, -0.25) is 9.69 Å². The predicted molar refractivity (Wildman–Crippen MR) is 134 cm³/mol. The molecule has 0 spiro atoms. The number of carbonyl (C=O) groups excluding carboxylic acids is 1. The van der Waals surface area contributed by atoms with Gasteiger partial charge in [0.2, 0.25) is 0 Å². The number of nitrogens with zero attached hydrogens (tertiary/aromatic N) is 5. The van der Waals surface area contributed by atoms with Gasteiger partial charge in [-0.05, 0) is 43.7 Å². The lowest BCUT2D eigenvalue weighted by atomic mass is 10.2. The third-order valence-corrected chi connectivity index (χ3v) is 6.91. The number of halogens is 1. The minimum atomic E-state index is 0.0409. The van der Waals surface area contributed by atoms with Crippen LogP contribution < -0.4 is 4.74 Å². The number of ether oxygens (including phenoxy) is 1. The van der Waals surface area contributed by atoms with Crippen molar-refractivity contribution in [3.63, 3.8) is 0 Å². The van der Waals surface area contributed by atoms with E-state index in [0.29, 0.717) is 29.5 Å². The van der Waals surface area contributed by atoms with E-state index < -0.39 is 0 Å². The highest BCUT2D eigenvalue weighted by atomic mass is 35.5. The maximum Gasteiger partial charge on any atom is 0.254 e. The Kier molecular flexibility index (Phi) is 6.80. The Balaban J connectivity index is 1.19.